The smallest absolute Gasteiger partial charge is 0.354 e. The largest absolute Gasteiger partial charge is 0.416 e. The molecule has 3 N–H and O–H groups in total. The third-order valence-corrected chi connectivity index (χ3v) is 5.40. The summed E-state index contributed by atoms with van der Waals surface area (Å²) in [5.74, 6) is 0. The lowest BCUT2D eigenvalue weighted by Crippen LogP contribution is -2.04. The van der Waals surface area contributed by atoms with E-state index in [0.29, 0.717) is 6.54 Å². The van der Waals surface area contributed by atoms with Gasteiger partial charge in [-0.1, -0.05) is 48.5 Å². The summed E-state index contributed by atoms with van der Waals surface area (Å²) >= 11 is 0. The van der Waals surface area contributed by atoms with E-state index in [-0.39, 0.29) is 0 Å². The predicted molar refractivity (Wildman–Crippen MR) is 116 cm³/mol. The van der Waals surface area contributed by atoms with Crippen LogP contribution in [0.15, 0.2) is 72.8 Å². The Kier molecular flexibility index (Phi) is 5.64. The van der Waals surface area contributed by atoms with Crippen molar-refractivity contribution in [3.8, 4) is 22.4 Å². The molecule has 0 saturated heterocycles. The van der Waals surface area contributed by atoms with Gasteiger partial charge in [0.25, 0.3) is 0 Å². The maximum atomic E-state index is 13.0. The number of aromatic nitrogens is 1. The number of aryl methyl sites for hydroxylation is 1. The first kappa shape index (κ1) is 20.2. The van der Waals surface area contributed by atoms with Crippen molar-refractivity contribution in [2.75, 3.05) is 6.54 Å². The van der Waals surface area contributed by atoms with Crippen LogP contribution < -0.4 is 5.73 Å². The van der Waals surface area contributed by atoms with Gasteiger partial charge in [0.1, 0.15) is 0 Å². The van der Waals surface area contributed by atoms with Gasteiger partial charge in [-0.05, 0) is 72.3 Å². The minimum absolute atomic E-state index is 0.618. The molecule has 1 aromatic heterocycles. The first-order valence-electron chi connectivity index (χ1n) is 10.0. The zero-order valence-electron chi connectivity index (χ0n) is 16.5. The van der Waals surface area contributed by atoms with Crippen LogP contribution in [0.4, 0.5) is 13.2 Å². The zero-order chi connectivity index (χ0) is 21.1. The number of nitrogens with two attached hydrogens (primary N) is 1. The molecule has 0 bridgehead atoms. The second kappa shape index (κ2) is 8.36. The predicted octanol–water partition coefficient (Wildman–Crippen LogP) is 6.80. The van der Waals surface area contributed by atoms with Crippen molar-refractivity contribution in [3.63, 3.8) is 0 Å². The van der Waals surface area contributed by atoms with Crippen molar-refractivity contribution >= 4 is 10.9 Å². The molecule has 1 heterocycles. The van der Waals surface area contributed by atoms with Crippen molar-refractivity contribution in [1.29, 1.82) is 0 Å². The lowest BCUT2D eigenvalue weighted by Gasteiger charge is -2.09. The van der Waals surface area contributed by atoms with Crippen LogP contribution in [0.5, 0.6) is 0 Å². The molecule has 30 heavy (non-hydrogen) atoms. The normalized spacial score (nSPS) is 11.9. The quantitative estimate of drug-likeness (QED) is 0.338. The van der Waals surface area contributed by atoms with Gasteiger partial charge in [0.05, 0.1) is 5.56 Å². The molecule has 5 heteroatoms. The number of rotatable bonds is 6. The number of hydrogen-bond donors (Lipinski definition) is 2. The summed E-state index contributed by atoms with van der Waals surface area (Å²) in [5, 5.41) is 1.10. The second-order valence-corrected chi connectivity index (χ2v) is 7.43. The number of aromatic amines is 1. The molecule has 0 spiro atoms. The number of H-pyrrole nitrogens is 1. The van der Waals surface area contributed by atoms with Gasteiger partial charge in [-0.25, -0.2) is 0 Å². The summed E-state index contributed by atoms with van der Waals surface area (Å²) in [5.41, 5.74) is 11.0. The SMILES string of the molecule is NCCCCc1c(-c2ccc(C(F)(F)F)cc2)[nH]c2ccc(-c3ccccc3)cc12. The van der Waals surface area contributed by atoms with Gasteiger partial charge >= 0.3 is 6.18 Å². The standard InChI is InChI=1S/C25H23F3N2/c26-25(27,28)20-12-9-18(10-13-20)24-21(8-4-5-15-29)22-16-19(11-14-23(22)30-24)17-6-2-1-3-7-17/h1-3,6-7,9-14,16,30H,4-5,8,15,29H2. The van der Waals surface area contributed by atoms with Crippen LogP contribution in [0.25, 0.3) is 33.3 Å². The Balaban J connectivity index is 1.81. The molecule has 0 amide bonds. The molecule has 0 aliphatic carbocycles. The molecule has 3 aromatic carbocycles. The highest BCUT2D eigenvalue weighted by Gasteiger charge is 2.30. The molecule has 0 aliphatic heterocycles. The number of halogens is 3. The van der Waals surface area contributed by atoms with E-state index >= 15 is 0 Å². The van der Waals surface area contributed by atoms with E-state index in [1.54, 1.807) is 0 Å². The van der Waals surface area contributed by atoms with E-state index in [0.717, 1.165) is 70.2 Å². The van der Waals surface area contributed by atoms with E-state index < -0.39 is 11.7 Å². The molecule has 0 atom stereocenters. The Bertz CT molecular complexity index is 1130. The number of benzene rings is 3. The minimum Gasteiger partial charge on any atom is -0.354 e. The molecule has 0 aliphatic rings. The van der Waals surface area contributed by atoms with Gasteiger partial charge in [-0.3, -0.25) is 0 Å². The molecular weight excluding hydrogens is 385 g/mol. The lowest BCUT2D eigenvalue weighted by molar-refractivity contribution is -0.137. The number of hydrogen-bond acceptors (Lipinski definition) is 1. The molecule has 0 saturated carbocycles. The van der Waals surface area contributed by atoms with Crippen LogP contribution in [0.3, 0.4) is 0 Å². The lowest BCUT2D eigenvalue weighted by atomic mass is 9.97. The van der Waals surface area contributed by atoms with Crippen molar-refractivity contribution in [2.24, 2.45) is 5.73 Å². The van der Waals surface area contributed by atoms with Gasteiger partial charge < -0.3 is 10.7 Å². The molecule has 0 fully saturated rings. The van der Waals surface area contributed by atoms with E-state index in [2.05, 4.69) is 29.2 Å². The third kappa shape index (κ3) is 4.12. The van der Waals surface area contributed by atoms with Crippen molar-refractivity contribution < 1.29 is 13.2 Å². The molecule has 2 nitrogen and oxygen atoms in total. The highest BCUT2D eigenvalue weighted by atomic mass is 19.4. The number of unbranched alkanes of at least 4 members (excludes halogenated alkanes) is 1. The first-order chi connectivity index (χ1) is 14.5. The minimum atomic E-state index is -4.34. The van der Waals surface area contributed by atoms with Gasteiger partial charge in [0.15, 0.2) is 0 Å². The topological polar surface area (TPSA) is 41.8 Å². The summed E-state index contributed by atoms with van der Waals surface area (Å²) < 4.78 is 38.9. The van der Waals surface area contributed by atoms with E-state index in [9.17, 15) is 13.2 Å². The zero-order valence-corrected chi connectivity index (χ0v) is 16.5. The Morgan fingerprint density at radius 1 is 0.767 bits per heavy atom. The Hall–Kier alpha value is -3.05. The summed E-state index contributed by atoms with van der Waals surface area (Å²) in [6.45, 7) is 0.618. The fraction of sp³-hybridized carbons (Fsp3) is 0.200. The van der Waals surface area contributed by atoms with E-state index in [4.69, 9.17) is 5.73 Å². The Morgan fingerprint density at radius 3 is 2.13 bits per heavy atom. The monoisotopic (exact) mass is 408 g/mol. The molecule has 154 valence electrons. The summed E-state index contributed by atoms with van der Waals surface area (Å²) in [7, 11) is 0. The van der Waals surface area contributed by atoms with Crippen LogP contribution in [0.2, 0.25) is 0 Å². The van der Waals surface area contributed by atoms with Crippen LogP contribution >= 0.6 is 0 Å². The number of nitrogens with one attached hydrogen (secondary N) is 1. The van der Waals surface area contributed by atoms with Crippen molar-refractivity contribution in [3.05, 3.63) is 83.9 Å². The number of alkyl halides is 3. The van der Waals surface area contributed by atoms with E-state index in [1.807, 2.05) is 24.3 Å². The average molecular weight is 408 g/mol. The van der Waals surface area contributed by atoms with Crippen molar-refractivity contribution in [2.45, 2.75) is 25.4 Å². The number of fused-ring (bicyclic) bond motifs is 1. The fourth-order valence-electron chi connectivity index (χ4n) is 3.84. The molecule has 4 aromatic rings. The molecule has 4 rings (SSSR count). The highest BCUT2D eigenvalue weighted by molar-refractivity contribution is 5.93. The van der Waals surface area contributed by atoms with Crippen LogP contribution in [-0.4, -0.2) is 11.5 Å². The average Bonchev–Trinajstić information content (AvgIpc) is 3.12. The summed E-state index contributed by atoms with van der Waals surface area (Å²) in [6, 6.07) is 21.8. The Morgan fingerprint density at radius 2 is 1.47 bits per heavy atom. The molecule has 0 unspecified atom stereocenters. The van der Waals surface area contributed by atoms with Gasteiger partial charge in [0, 0.05) is 16.6 Å². The van der Waals surface area contributed by atoms with E-state index in [1.165, 1.54) is 12.1 Å². The summed E-state index contributed by atoms with van der Waals surface area (Å²) in [4.78, 5) is 3.43. The molecule has 0 radical (unpaired) electrons. The maximum Gasteiger partial charge on any atom is 0.416 e. The maximum absolute atomic E-state index is 13.0. The highest BCUT2D eigenvalue weighted by Crippen LogP contribution is 2.36. The summed E-state index contributed by atoms with van der Waals surface area (Å²) in [6.07, 6.45) is -1.70. The molecular formula is C25H23F3N2. The van der Waals surface area contributed by atoms with Crippen molar-refractivity contribution in [1.82, 2.24) is 4.98 Å². The van der Waals surface area contributed by atoms with Crippen LogP contribution in [-0.2, 0) is 12.6 Å². The fourth-order valence-corrected chi connectivity index (χ4v) is 3.84. The Labute approximate surface area is 173 Å². The van der Waals surface area contributed by atoms with Gasteiger partial charge in [-0.2, -0.15) is 13.2 Å². The van der Waals surface area contributed by atoms with Gasteiger partial charge in [-0.15, -0.1) is 0 Å². The second-order valence-electron chi connectivity index (χ2n) is 7.43. The van der Waals surface area contributed by atoms with Crippen LogP contribution in [0.1, 0.15) is 24.0 Å². The third-order valence-electron chi connectivity index (χ3n) is 5.40. The van der Waals surface area contributed by atoms with Gasteiger partial charge in [0.2, 0.25) is 0 Å². The first-order valence-corrected chi connectivity index (χ1v) is 10.0. The van der Waals surface area contributed by atoms with Crippen LogP contribution in [0, 0.1) is 0 Å².